The zero-order chi connectivity index (χ0) is 7.66. The third-order valence-electron chi connectivity index (χ3n) is 1.70. The van der Waals surface area contributed by atoms with Crippen molar-refractivity contribution in [2.24, 2.45) is 0 Å². The molecule has 0 bridgehead atoms. The van der Waals surface area contributed by atoms with Gasteiger partial charge in [0.25, 0.3) is 0 Å². The van der Waals surface area contributed by atoms with E-state index in [2.05, 4.69) is 6.92 Å². The lowest BCUT2D eigenvalue weighted by atomic mass is 10.2. The van der Waals surface area contributed by atoms with Gasteiger partial charge in [0.15, 0.2) is 0 Å². The van der Waals surface area contributed by atoms with Crippen molar-refractivity contribution in [3.8, 4) is 0 Å². The molecule has 0 rings (SSSR count). The van der Waals surface area contributed by atoms with Gasteiger partial charge in [-0.05, 0) is 0 Å². The molecule has 3 heteroatoms. The van der Waals surface area contributed by atoms with Crippen LogP contribution in [-0.2, 0) is 2.84 Å². The lowest BCUT2D eigenvalue weighted by molar-refractivity contribution is 0.624. The first kappa shape index (κ1) is 11.0. The summed E-state index contributed by atoms with van der Waals surface area (Å²) in [6.45, 7) is 2.26. The van der Waals surface area contributed by atoms with Crippen LogP contribution >= 0.6 is 0 Å². The highest BCUT2D eigenvalue weighted by Gasteiger charge is 1.91. The van der Waals surface area contributed by atoms with E-state index >= 15 is 0 Å². The molecule has 0 unspecified atom stereocenters. The molecule has 0 atom stereocenters. The molecule has 0 saturated heterocycles. The van der Waals surface area contributed by atoms with Crippen LogP contribution in [0.4, 0.5) is 0 Å². The fourth-order valence-electron chi connectivity index (χ4n) is 1.03. The van der Waals surface area contributed by atoms with Crippen molar-refractivity contribution in [2.75, 3.05) is 0 Å². The van der Waals surface area contributed by atoms with Gasteiger partial charge in [-0.3, -0.25) is 0 Å². The van der Waals surface area contributed by atoms with Gasteiger partial charge < -0.3 is 2.84 Å². The molecule has 58 valence electrons. The van der Waals surface area contributed by atoms with E-state index in [0.29, 0.717) is 0 Å². The van der Waals surface area contributed by atoms with E-state index in [-0.39, 0.29) is 15.6 Å². The monoisotopic (exact) mass is 172 g/mol. The molecule has 0 aromatic heterocycles. The summed E-state index contributed by atoms with van der Waals surface area (Å²) in [5.41, 5.74) is 0. The number of hydrogen-bond donors (Lipinski definition) is 0. The minimum Gasteiger partial charge on any atom is -0.644 e. The summed E-state index contributed by atoms with van der Waals surface area (Å²) in [6.07, 6.45) is 7.07. The first-order valence-corrected chi connectivity index (χ1v) is 6.80. The summed E-state index contributed by atoms with van der Waals surface area (Å²) in [4.78, 5) is 0. The normalized spacial score (nSPS) is 9.70. The summed E-state index contributed by atoms with van der Waals surface area (Å²) in [5, 5.41) is 1.41. The van der Waals surface area contributed by atoms with E-state index < -0.39 is 0 Å². The van der Waals surface area contributed by atoms with E-state index in [0.717, 1.165) is 16.6 Å². The van der Waals surface area contributed by atoms with Gasteiger partial charge in [-0.25, -0.2) is 0 Å². The van der Waals surface area contributed by atoms with Crippen molar-refractivity contribution < 1.29 is 2.84 Å². The quantitative estimate of drug-likeness (QED) is 0.415. The lowest BCUT2D eigenvalue weighted by Crippen LogP contribution is -1.93. The Bertz CT molecular complexity index is 51.6. The Kier molecular flexibility index (Phi) is 11.1. The fourth-order valence-corrected chi connectivity index (χ4v) is 2.74. The Hall–Kier alpha value is 1.02. The maximum Gasteiger partial charge on any atom is 0.404 e. The van der Waals surface area contributed by atoms with E-state index in [1.54, 1.807) is 0 Å². The maximum atomic E-state index is 5.23. The van der Waals surface area contributed by atoms with Gasteiger partial charge in [0.1, 0.15) is 0 Å². The Morgan fingerprint density at radius 2 is 1.90 bits per heavy atom. The predicted molar refractivity (Wildman–Crippen MR) is 50.3 cm³/mol. The molecule has 0 N–H and O–H groups in total. The molecular weight excluding hydrogens is 154 g/mol. The molecule has 1 nitrogen and oxygen atoms in total. The molecule has 0 aliphatic rings. The SMILES string of the molecule is CCCCCC[CH2][AlH][O][AlH2]. The zero-order valence-electron chi connectivity index (χ0n) is 7.36. The van der Waals surface area contributed by atoms with Crippen molar-refractivity contribution in [3.05, 3.63) is 0 Å². The second-order valence-corrected chi connectivity index (χ2v) is 6.19. The van der Waals surface area contributed by atoms with Crippen LogP contribution in [0.25, 0.3) is 0 Å². The summed E-state index contributed by atoms with van der Waals surface area (Å²) in [5.74, 6) is 0. The number of hydrogen-bond acceptors (Lipinski definition) is 1. The Labute approximate surface area is 79.3 Å². The van der Waals surface area contributed by atoms with Crippen molar-refractivity contribution in [1.29, 1.82) is 0 Å². The standard InChI is InChI=1S/C7H15.2Al.O.3H/c1-3-5-7-6-4-2;;;;;;/h1,3-7H2,2H3;;;;;;. The van der Waals surface area contributed by atoms with E-state index in [9.17, 15) is 0 Å². The minimum absolute atomic E-state index is 0.0508. The summed E-state index contributed by atoms with van der Waals surface area (Å²) >= 11 is 0.920. The molecule has 0 aliphatic carbocycles. The van der Waals surface area contributed by atoms with Crippen molar-refractivity contribution in [3.63, 3.8) is 0 Å². The highest BCUT2D eigenvalue weighted by molar-refractivity contribution is 6.34. The van der Waals surface area contributed by atoms with Gasteiger partial charge in [0.2, 0.25) is 0 Å². The largest absolute Gasteiger partial charge is 0.644 e. The second-order valence-electron chi connectivity index (χ2n) is 2.76. The van der Waals surface area contributed by atoms with Crippen molar-refractivity contribution in [1.82, 2.24) is 0 Å². The average Bonchev–Trinajstić information content (AvgIpc) is 1.97. The molecule has 0 radical (unpaired) electrons. The van der Waals surface area contributed by atoms with Gasteiger partial charge in [-0.1, -0.05) is 44.3 Å². The van der Waals surface area contributed by atoms with Crippen LogP contribution in [0, 0.1) is 0 Å². The van der Waals surface area contributed by atoms with Gasteiger partial charge >= 0.3 is 32.2 Å². The predicted octanol–water partition coefficient (Wildman–Crippen LogP) is 1.29. The van der Waals surface area contributed by atoms with E-state index in [1.165, 1.54) is 37.4 Å². The van der Waals surface area contributed by atoms with E-state index in [4.69, 9.17) is 2.84 Å². The Balaban J connectivity index is 2.65. The summed E-state index contributed by atoms with van der Waals surface area (Å²) < 4.78 is 5.23. The highest BCUT2D eigenvalue weighted by atomic mass is 27.2. The molecular formula is C7H18Al2O. The smallest absolute Gasteiger partial charge is 0.404 e. The van der Waals surface area contributed by atoms with E-state index in [1.807, 2.05) is 0 Å². The van der Waals surface area contributed by atoms with Crippen LogP contribution in [-0.4, -0.2) is 32.2 Å². The van der Waals surface area contributed by atoms with Crippen LogP contribution in [0.2, 0.25) is 5.28 Å². The average molecular weight is 172 g/mol. The molecule has 0 aromatic carbocycles. The van der Waals surface area contributed by atoms with Gasteiger partial charge in [-0.15, -0.1) is 0 Å². The zero-order valence-corrected chi connectivity index (χ0v) is 10.8. The Morgan fingerprint density at radius 1 is 1.20 bits per heavy atom. The Morgan fingerprint density at radius 3 is 2.50 bits per heavy atom. The molecule has 10 heavy (non-hydrogen) atoms. The summed E-state index contributed by atoms with van der Waals surface area (Å²) in [6, 6.07) is 0. The molecule has 0 saturated carbocycles. The van der Waals surface area contributed by atoms with Gasteiger partial charge in [0.05, 0.1) is 0 Å². The minimum atomic E-state index is -0.0508. The van der Waals surface area contributed by atoms with Crippen molar-refractivity contribution in [2.45, 2.75) is 44.3 Å². The fraction of sp³-hybridized carbons (Fsp3) is 1.00. The molecule has 0 spiro atoms. The van der Waals surface area contributed by atoms with Crippen LogP contribution < -0.4 is 0 Å². The van der Waals surface area contributed by atoms with Crippen LogP contribution in [0.3, 0.4) is 0 Å². The highest BCUT2D eigenvalue weighted by Crippen LogP contribution is 2.04. The van der Waals surface area contributed by atoms with Crippen molar-refractivity contribution >= 4 is 32.2 Å². The van der Waals surface area contributed by atoms with Crippen LogP contribution in [0.1, 0.15) is 39.0 Å². The molecule has 0 fully saturated rings. The van der Waals surface area contributed by atoms with Gasteiger partial charge in [0, 0.05) is 0 Å². The first-order valence-electron chi connectivity index (χ1n) is 4.40. The number of unbranched alkanes of at least 4 members (excludes halogenated alkanes) is 4. The third-order valence-corrected chi connectivity index (χ3v) is 4.12. The lowest BCUT2D eigenvalue weighted by Gasteiger charge is -1.97. The number of rotatable bonds is 7. The van der Waals surface area contributed by atoms with Crippen LogP contribution in [0.15, 0.2) is 0 Å². The van der Waals surface area contributed by atoms with Crippen LogP contribution in [0.5, 0.6) is 0 Å². The molecule has 0 aliphatic heterocycles. The third kappa shape index (κ3) is 9.02. The topological polar surface area (TPSA) is 9.23 Å². The second kappa shape index (κ2) is 10.0. The van der Waals surface area contributed by atoms with Gasteiger partial charge in [-0.2, -0.15) is 0 Å². The first-order chi connectivity index (χ1) is 4.91. The molecule has 0 aromatic rings. The molecule has 0 amide bonds. The molecule has 0 heterocycles. The summed E-state index contributed by atoms with van der Waals surface area (Å²) in [7, 11) is 0. The maximum absolute atomic E-state index is 5.23.